The summed E-state index contributed by atoms with van der Waals surface area (Å²) < 4.78 is 31.9. The molecule has 1 rings (SSSR count). The van der Waals surface area contributed by atoms with Crippen molar-refractivity contribution in [1.29, 1.82) is 0 Å². The molecular formula is C13H21NO3S. The predicted molar refractivity (Wildman–Crippen MR) is 72.4 cm³/mol. The van der Waals surface area contributed by atoms with Crippen LogP contribution in [0.5, 0.6) is 5.75 Å². The van der Waals surface area contributed by atoms with Gasteiger partial charge in [-0.3, -0.25) is 0 Å². The first-order valence-corrected chi connectivity index (χ1v) is 7.28. The molecule has 4 nitrogen and oxygen atoms in total. The van der Waals surface area contributed by atoms with Crippen molar-refractivity contribution in [3.05, 3.63) is 23.8 Å². The van der Waals surface area contributed by atoms with Crippen molar-refractivity contribution in [3.63, 3.8) is 0 Å². The van der Waals surface area contributed by atoms with Crippen molar-refractivity contribution in [3.8, 4) is 5.75 Å². The molecule has 1 aromatic rings. The first-order chi connectivity index (χ1) is 8.15. The van der Waals surface area contributed by atoms with E-state index in [0.29, 0.717) is 12.3 Å². The molecule has 5 heteroatoms. The Morgan fingerprint density at radius 1 is 1.28 bits per heavy atom. The molecule has 0 amide bonds. The number of aryl methyl sites for hydroxylation is 1. The van der Waals surface area contributed by atoms with Gasteiger partial charge in [-0.2, -0.15) is 0 Å². The number of benzene rings is 1. The molecule has 0 unspecified atom stereocenters. The summed E-state index contributed by atoms with van der Waals surface area (Å²) in [6.45, 7) is 8.17. The van der Waals surface area contributed by atoms with Gasteiger partial charge in [0.15, 0.2) is 0 Å². The fourth-order valence-corrected chi connectivity index (χ4v) is 2.78. The van der Waals surface area contributed by atoms with Crippen molar-refractivity contribution < 1.29 is 13.2 Å². The third-order valence-electron chi connectivity index (χ3n) is 2.47. The summed E-state index contributed by atoms with van der Waals surface area (Å²) in [4.78, 5) is 0.269. The summed E-state index contributed by atoms with van der Waals surface area (Å²) in [7, 11) is -1.88. The highest BCUT2D eigenvalue weighted by atomic mass is 32.2. The van der Waals surface area contributed by atoms with Crippen LogP contribution in [0.15, 0.2) is 23.1 Å². The Hall–Kier alpha value is -1.07. The fourth-order valence-electron chi connectivity index (χ4n) is 1.41. The van der Waals surface area contributed by atoms with E-state index in [1.54, 1.807) is 25.3 Å². The van der Waals surface area contributed by atoms with Crippen molar-refractivity contribution in [2.45, 2.75) is 32.6 Å². The summed E-state index contributed by atoms with van der Waals surface area (Å²) in [5.74, 6) is 0.685. The van der Waals surface area contributed by atoms with Crippen LogP contribution in [0.4, 0.5) is 0 Å². The maximum absolute atomic E-state index is 12.1. The minimum Gasteiger partial charge on any atom is -0.496 e. The zero-order chi connectivity index (χ0) is 14.0. The van der Waals surface area contributed by atoms with Crippen molar-refractivity contribution in [1.82, 2.24) is 4.72 Å². The number of nitrogens with one attached hydrogen (secondary N) is 1. The van der Waals surface area contributed by atoms with Crippen LogP contribution >= 0.6 is 0 Å². The molecule has 1 aromatic carbocycles. The minimum absolute atomic E-state index is 0.0887. The maximum atomic E-state index is 12.1. The van der Waals surface area contributed by atoms with Gasteiger partial charge >= 0.3 is 0 Å². The summed E-state index contributed by atoms with van der Waals surface area (Å²) in [6, 6.07) is 4.83. The Kier molecular flexibility index (Phi) is 4.40. The Balaban J connectivity index is 2.96. The molecule has 0 aliphatic heterocycles. The molecule has 0 heterocycles. The molecular weight excluding hydrogens is 250 g/mol. The third-order valence-corrected chi connectivity index (χ3v) is 3.87. The van der Waals surface area contributed by atoms with E-state index in [-0.39, 0.29) is 10.3 Å². The number of sulfonamides is 1. The lowest BCUT2D eigenvalue weighted by Crippen LogP contribution is -2.32. The van der Waals surface area contributed by atoms with E-state index in [2.05, 4.69) is 4.72 Å². The molecule has 0 spiro atoms. The quantitative estimate of drug-likeness (QED) is 0.914. The fraction of sp³-hybridized carbons (Fsp3) is 0.538. The topological polar surface area (TPSA) is 55.4 Å². The van der Waals surface area contributed by atoms with Gasteiger partial charge < -0.3 is 4.74 Å². The zero-order valence-electron chi connectivity index (χ0n) is 11.6. The van der Waals surface area contributed by atoms with Crippen LogP contribution in [0.2, 0.25) is 0 Å². The molecule has 102 valence electrons. The molecule has 0 fully saturated rings. The van der Waals surface area contributed by atoms with Gasteiger partial charge in [0, 0.05) is 6.54 Å². The third kappa shape index (κ3) is 3.99. The highest BCUT2D eigenvalue weighted by molar-refractivity contribution is 7.89. The normalized spacial score (nSPS) is 12.5. The Bertz CT molecular complexity index is 516. The van der Waals surface area contributed by atoms with Crippen LogP contribution < -0.4 is 9.46 Å². The number of methoxy groups -OCH3 is 1. The van der Waals surface area contributed by atoms with E-state index in [9.17, 15) is 8.42 Å². The lowest BCUT2D eigenvalue weighted by atomic mass is 9.98. The largest absolute Gasteiger partial charge is 0.496 e. The number of ether oxygens (including phenoxy) is 1. The van der Waals surface area contributed by atoms with Gasteiger partial charge in [-0.1, -0.05) is 20.8 Å². The smallest absolute Gasteiger partial charge is 0.240 e. The van der Waals surface area contributed by atoms with Gasteiger partial charge in [-0.05, 0) is 36.1 Å². The summed E-state index contributed by atoms with van der Waals surface area (Å²) in [5.41, 5.74) is 0.713. The number of rotatable bonds is 4. The molecule has 0 aliphatic carbocycles. The second-order valence-electron chi connectivity index (χ2n) is 5.52. The SMILES string of the molecule is COc1ccc(S(=O)(=O)NCC(C)(C)C)cc1C. The molecule has 0 aliphatic rings. The van der Waals surface area contributed by atoms with E-state index in [4.69, 9.17) is 4.74 Å². The second-order valence-corrected chi connectivity index (χ2v) is 7.28. The molecule has 0 atom stereocenters. The van der Waals surface area contributed by atoms with Gasteiger partial charge in [-0.25, -0.2) is 13.1 Å². The van der Waals surface area contributed by atoms with Crippen molar-refractivity contribution in [2.75, 3.05) is 13.7 Å². The summed E-state index contributed by atoms with van der Waals surface area (Å²) in [5, 5.41) is 0. The van der Waals surface area contributed by atoms with Crippen LogP contribution in [0.25, 0.3) is 0 Å². The van der Waals surface area contributed by atoms with Crippen LogP contribution in [0.1, 0.15) is 26.3 Å². The van der Waals surface area contributed by atoms with E-state index < -0.39 is 10.0 Å². The molecule has 0 saturated heterocycles. The average Bonchev–Trinajstić information content (AvgIpc) is 2.25. The highest BCUT2D eigenvalue weighted by Crippen LogP contribution is 2.21. The van der Waals surface area contributed by atoms with Crippen molar-refractivity contribution in [2.24, 2.45) is 5.41 Å². The van der Waals surface area contributed by atoms with Crippen LogP contribution in [-0.2, 0) is 10.0 Å². The Morgan fingerprint density at radius 3 is 2.33 bits per heavy atom. The van der Waals surface area contributed by atoms with Gasteiger partial charge in [0.05, 0.1) is 12.0 Å². The second kappa shape index (κ2) is 5.28. The highest BCUT2D eigenvalue weighted by Gasteiger charge is 2.19. The first-order valence-electron chi connectivity index (χ1n) is 5.80. The zero-order valence-corrected chi connectivity index (χ0v) is 12.4. The van der Waals surface area contributed by atoms with Gasteiger partial charge in [0.1, 0.15) is 5.75 Å². The maximum Gasteiger partial charge on any atom is 0.240 e. The first kappa shape index (κ1) is 15.0. The van der Waals surface area contributed by atoms with Crippen LogP contribution in [0.3, 0.4) is 0 Å². The number of hydrogen-bond donors (Lipinski definition) is 1. The van der Waals surface area contributed by atoms with Gasteiger partial charge in [0.25, 0.3) is 0 Å². The van der Waals surface area contributed by atoms with Crippen LogP contribution in [-0.4, -0.2) is 22.1 Å². The van der Waals surface area contributed by atoms with Crippen molar-refractivity contribution >= 4 is 10.0 Å². The van der Waals surface area contributed by atoms with Crippen LogP contribution in [0, 0.1) is 12.3 Å². The molecule has 0 saturated carbocycles. The van der Waals surface area contributed by atoms with E-state index in [0.717, 1.165) is 5.56 Å². The molecule has 0 aromatic heterocycles. The predicted octanol–water partition coefficient (Wildman–Crippen LogP) is 2.33. The lowest BCUT2D eigenvalue weighted by molar-refractivity contribution is 0.407. The summed E-state index contributed by atoms with van der Waals surface area (Å²) >= 11 is 0. The summed E-state index contributed by atoms with van der Waals surface area (Å²) in [6.07, 6.45) is 0. The monoisotopic (exact) mass is 271 g/mol. The standard InChI is InChI=1S/C13H21NO3S/c1-10-8-11(6-7-12(10)17-5)18(15,16)14-9-13(2,3)4/h6-8,14H,9H2,1-5H3. The van der Waals surface area contributed by atoms with Gasteiger partial charge in [0.2, 0.25) is 10.0 Å². The number of hydrogen-bond acceptors (Lipinski definition) is 3. The molecule has 18 heavy (non-hydrogen) atoms. The van der Waals surface area contributed by atoms with E-state index >= 15 is 0 Å². The lowest BCUT2D eigenvalue weighted by Gasteiger charge is -2.19. The van der Waals surface area contributed by atoms with E-state index in [1.165, 1.54) is 0 Å². The minimum atomic E-state index is -3.45. The molecule has 0 radical (unpaired) electrons. The Morgan fingerprint density at radius 2 is 1.89 bits per heavy atom. The Labute approximate surface area is 109 Å². The average molecular weight is 271 g/mol. The molecule has 0 bridgehead atoms. The molecule has 1 N–H and O–H groups in total. The van der Waals surface area contributed by atoms with E-state index in [1.807, 2.05) is 27.7 Å². The van der Waals surface area contributed by atoms with Gasteiger partial charge in [-0.15, -0.1) is 0 Å².